The summed E-state index contributed by atoms with van der Waals surface area (Å²) >= 11 is 0. The molecule has 2 aliphatic heterocycles. The van der Waals surface area contributed by atoms with Crippen molar-refractivity contribution in [2.75, 3.05) is 39.3 Å². The molecule has 7 nitrogen and oxygen atoms in total. The summed E-state index contributed by atoms with van der Waals surface area (Å²) in [4.78, 5) is 42.9. The second-order valence-electron chi connectivity index (χ2n) is 8.24. The average molecular weight is 463 g/mol. The molecule has 0 saturated carbocycles. The highest BCUT2D eigenvalue weighted by Crippen LogP contribution is 2.29. The Morgan fingerprint density at radius 1 is 0.788 bits per heavy atom. The van der Waals surface area contributed by atoms with E-state index in [1.54, 1.807) is 26.8 Å². The van der Waals surface area contributed by atoms with E-state index in [2.05, 4.69) is 0 Å². The molecule has 2 aromatic rings. The smallest absolute Gasteiger partial charge is 0.416 e. The predicted octanol–water partition coefficient (Wildman–Crippen LogP) is 3.14. The third-order valence-electron chi connectivity index (χ3n) is 6.20. The van der Waals surface area contributed by atoms with Crippen LogP contribution in [0, 0.1) is 5.92 Å². The van der Waals surface area contributed by atoms with Crippen molar-refractivity contribution in [3.05, 3.63) is 59.5 Å². The first-order valence-electron chi connectivity index (χ1n) is 10.8. The maximum atomic E-state index is 12.9. The molecule has 0 unspecified atom stereocenters. The van der Waals surface area contributed by atoms with Crippen molar-refractivity contribution in [3.63, 3.8) is 0 Å². The highest BCUT2D eigenvalue weighted by molar-refractivity contribution is 5.94. The first-order valence-corrected chi connectivity index (χ1v) is 10.8. The second kappa shape index (κ2) is 9.29. The average Bonchev–Trinajstić information content (AvgIpc) is 3.37. The van der Waals surface area contributed by atoms with Gasteiger partial charge in [-0.1, -0.05) is 0 Å². The SMILES string of the molecule is O=C(c1ccc(C(F)(F)F)cc1)N1CCC(C(=O)N2CCN(C(=O)c3ccco3)CC2)CC1. The van der Waals surface area contributed by atoms with Crippen molar-refractivity contribution in [1.82, 2.24) is 14.7 Å². The molecule has 3 amide bonds. The summed E-state index contributed by atoms with van der Waals surface area (Å²) < 4.78 is 43.3. The molecule has 2 aliphatic rings. The fraction of sp³-hybridized carbons (Fsp3) is 0.435. The lowest BCUT2D eigenvalue weighted by Crippen LogP contribution is -2.53. The molecule has 0 radical (unpaired) electrons. The van der Waals surface area contributed by atoms with Gasteiger partial charge in [-0.25, -0.2) is 0 Å². The van der Waals surface area contributed by atoms with Crippen molar-refractivity contribution < 1.29 is 32.0 Å². The number of carbonyl (C=O) groups is 3. The van der Waals surface area contributed by atoms with E-state index in [4.69, 9.17) is 4.42 Å². The molecule has 10 heteroatoms. The van der Waals surface area contributed by atoms with Gasteiger partial charge in [0, 0.05) is 50.7 Å². The van der Waals surface area contributed by atoms with Gasteiger partial charge >= 0.3 is 6.18 Å². The fourth-order valence-corrected chi connectivity index (χ4v) is 4.26. The van der Waals surface area contributed by atoms with Crippen LogP contribution in [0.1, 0.15) is 39.3 Å². The number of halogens is 3. The molecule has 0 spiro atoms. The normalized spacial score (nSPS) is 17.8. The number of furan rings is 1. The molecule has 2 fully saturated rings. The Balaban J connectivity index is 1.26. The Hall–Kier alpha value is -3.30. The van der Waals surface area contributed by atoms with Gasteiger partial charge < -0.3 is 19.1 Å². The zero-order valence-electron chi connectivity index (χ0n) is 17.9. The van der Waals surface area contributed by atoms with Crippen LogP contribution in [0.5, 0.6) is 0 Å². The Bertz CT molecular complexity index is 989. The zero-order chi connectivity index (χ0) is 23.6. The summed E-state index contributed by atoms with van der Waals surface area (Å²) in [6.07, 6.45) is -2.01. The number of amides is 3. The highest BCUT2D eigenvalue weighted by atomic mass is 19.4. The van der Waals surface area contributed by atoms with Crippen molar-refractivity contribution in [2.45, 2.75) is 19.0 Å². The molecule has 0 N–H and O–H groups in total. The molecular formula is C23H24F3N3O4. The highest BCUT2D eigenvalue weighted by Gasteiger charge is 2.34. The summed E-state index contributed by atoms with van der Waals surface area (Å²) in [5.74, 6) is -0.447. The molecule has 4 rings (SSSR count). The van der Waals surface area contributed by atoms with Gasteiger partial charge in [0.15, 0.2) is 5.76 Å². The van der Waals surface area contributed by atoms with Crippen LogP contribution in [-0.2, 0) is 11.0 Å². The quantitative estimate of drug-likeness (QED) is 0.701. The molecule has 0 bridgehead atoms. The lowest BCUT2D eigenvalue weighted by molar-refractivity contribution is -0.138. The van der Waals surface area contributed by atoms with Crippen LogP contribution >= 0.6 is 0 Å². The summed E-state index contributed by atoms with van der Waals surface area (Å²) in [5.41, 5.74) is -0.598. The van der Waals surface area contributed by atoms with E-state index in [1.165, 1.54) is 18.4 Å². The minimum atomic E-state index is -4.45. The van der Waals surface area contributed by atoms with Crippen LogP contribution in [0.3, 0.4) is 0 Å². The van der Waals surface area contributed by atoms with E-state index in [0.717, 1.165) is 12.1 Å². The molecule has 2 saturated heterocycles. The van der Waals surface area contributed by atoms with Crippen molar-refractivity contribution in [3.8, 4) is 0 Å². The minimum absolute atomic E-state index is 0.0155. The topological polar surface area (TPSA) is 74.1 Å². The predicted molar refractivity (Wildman–Crippen MR) is 111 cm³/mol. The lowest BCUT2D eigenvalue weighted by atomic mass is 9.94. The van der Waals surface area contributed by atoms with E-state index in [9.17, 15) is 27.6 Å². The zero-order valence-corrected chi connectivity index (χ0v) is 17.9. The first-order chi connectivity index (χ1) is 15.7. The third-order valence-corrected chi connectivity index (χ3v) is 6.20. The third kappa shape index (κ3) is 5.04. The van der Waals surface area contributed by atoms with Gasteiger partial charge in [0.25, 0.3) is 11.8 Å². The maximum Gasteiger partial charge on any atom is 0.416 e. The molecule has 33 heavy (non-hydrogen) atoms. The number of carbonyl (C=O) groups excluding carboxylic acids is 3. The molecule has 1 aromatic carbocycles. The largest absolute Gasteiger partial charge is 0.459 e. The standard InChI is InChI=1S/C23H24F3N3O4/c24-23(25,26)18-5-3-16(4-6-18)20(30)27-9-7-17(8-10-27)21(31)28-11-13-29(14-12-28)22(32)19-2-1-15-33-19/h1-6,15,17H,7-14H2. The minimum Gasteiger partial charge on any atom is -0.459 e. The fourth-order valence-electron chi connectivity index (χ4n) is 4.26. The lowest BCUT2D eigenvalue weighted by Gasteiger charge is -2.38. The van der Waals surface area contributed by atoms with Gasteiger partial charge in [0.1, 0.15) is 0 Å². The molecule has 0 aliphatic carbocycles. The van der Waals surface area contributed by atoms with Crippen molar-refractivity contribution in [1.29, 1.82) is 0 Å². The number of hydrogen-bond donors (Lipinski definition) is 0. The second-order valence-corrected chi connectivity index (χ2v) is 8.24. The van der Waals surface area contributed by atoms with E-state index in [0.29, 0.717) is 52.1 Å². The Morgan fingerprint density at radius 2 is 1.36 bits per heavy atom. The molecule has 176 valence electrons. The van der Waals surface area contributed by atoms with E-state index >= 15 is 0 Å². The van der Waals surface area contributed by atoms with Crippen LogP contribution in [-0.4, -0.2) is 71.7 Å². The monoisotopic (exact) mass is 463 g/mol. The van der Waals surface area contributed by atoms with E-state index in [-0.39, 0.29) is 35.0 Å². The van der Waals surface area contributed by atoms with Gasteiger partial charge in [-0.2, -0.15) is 13.2 Å². The number of rotatable bonds is 3. The van der Waals surface area contributed by atoms with E-state index in [1.807, 2.05) is 0 Å². The number of nitrogens with zero attached hydrogens (tertiary/aromatic N) is 3. The van der Waals surface area contributed by atoms with Gasteiger partial charge in [-0.3, -0.25) is 14.4 Å². The Kier molecular flexibility index (Phi) is 6.44. The number of likely N-dealkylation sites (tertiary alicyclic amines) is 1. The maximum absolute atomic E-state index is 12.9. The number of piperazine rings is 1. The van der Waals surface area contributed by atoms with Crippen LogP contribution in [0.15, 0.2) is 47.1 Å². The number of hydrogen-bond acceptors (Lipinski definition) is 4. The molecule has 0 atom stereocenters. The van der Waals surface area contributed by atoms with Gasteiger partial charge in [-0.15, -0.1) is 0 Å². The van der Waals surface area contributed by atoms with Gasteiger partial charge in [0.2, 0.25) is 5.91 Å². The van der Waals surface area contributed by atoms with Gasteiger partial charge in [0.05, 0.1) is 11.8 Å². The summed E-state index contributed by atoms with van der Waals surface area (Å²) in [7, 11) is 0. The number of piperidine rings is 1. The van der Waals surface area contributed by atoms with Crippen LogP contribution in [0.2, 0.25) is 0 Å². The van der Waals surface area contributed by atoms with Crippen molar-refractivity contribution in [2.24, 2.45) is 5.92 Å². The van der Waals surface area contributed by atoms with Crippen LogP contribution < -0.4 is 0 Å². The van der Waals surface area contributed by atoms with Gasteiger partial charge in [-0.05, 0) is 49.2 Å². The Morgan fingerprint density at radius 3 is 1.91 bits per heavy atom. The first kappa shape index (κ1) is 22.9. The Labute approximate surface area is 188 Å². The van der Waals surface area contributed by atoms with Crippen LogP contribution in [0.25, 0.3) is 0 Å². The molecule has 3 heterocycles. The van der Waals surface area contributed by atoms with Crippen molar-refractivity contribution >= 4 is 17.7 Å². The van der Waals surface area contributed by atoms with E-state index < -0.39 is 11.7 Å². The van der Waals surface area contributed by atoms with Crippen LogP contribution in [0.4, 0.5) is 13.2 Å². The summed E-state index contributed by atoms with van der Waals surface area (Å²) in [5, 5.41) is 0. The number of alkyl halides is 3. The summed E-state index contributed by atoms with van der Waals surface area (Å²) in [6.45, 7) is 2.47. The molecule has 1 aromatic heterocycles. The number of benzene rings is 1. The summed E-state index contributed by atoms with van der Waals surface area (Å²) in [6, 6.07) is 7.44. The molecular weight excluding hydrogens is 439 g/mol.